The first kappa shape index (κ1) is 15.0. The first-order valence-electron chi connectivity index (χ1n) is 7.37. The van der Waals surface area contributed by atoms with Gasteiger partial charge >= 0.3 is 0 Å². The van der Waals surface area contributed by atoms with E-state index in [2.05, 4.69) is 5.32 Å². The molecule has 1 amide bonds. The second-order valence-electron chi connectivity index (χ2n) is 5.57. The number of carbonyl (C=O) groups is 1. The molecule has 1 aliphatic heterocycles. The van der Waals surface area contributed by atoms with Gasteiger partial charge in [0.25, 0.3) is 0 Å². The number of halogens is 1. The molecular weight excluding hydrogens is 255 g/mol. The molecular formula is C16H23FN2O. The quantitative estimate of drug-likeness (QED) is 0.898. The predicted octanol–water partition coefficient (Wildman–Crippen LogP) is 2.71. The summed E-state index contributed by atoms with van der Waals surface area (Å²) in [6, 6.07) is 6.90. The predicted molar refractivity (Wildman–Crippen MR) is 77.7 cm³/mol. The van der Waals surface area contributed by atoms with E-state index in [1.165, 1.54) is 31.4 Å². The van der Waals surface area contributed by atoms with Crippen molar-refractivity contribution in [2.24, 2.45) is 0 Å². The average molecular weight is 278 g/mol. The first-order chi connectivity index (χ1) is 9.65. The lowest BCUT2D eigenvalue weighted by atomic mass is 10.0. The molecule has 1 aromatic rings. The van der Waals surface area contributed by atoms with Gasteiger partial charge in [-0.1, -0.05) is 18.6 Å². The third-order valence-electron chi connectivity index (χ3n) is 3.85. The molecule has 1 atom stereocenters. The molecule has 0 saturated carbocycles. The number of rotatable bonds is 5. The fourth-order valence-corrected chi connectivity index (χ4v) is 2.66. The molecule has 20 heavy (non-hydrogen) atoms. The molecule has 0 spiro atoms. The Labute approximate surface area is 120 Å². The molecule has 1 aromatic carbocycles. The van der Waals surface area contributed by atoms with E-state index in [4.69, 9.17) is 0 Å². The molecule has 1 fully saturated rings. The van der Waals surface area contributed by atoms with E-state index in [0.29, 0.717) is 19.0 Å². The third kappa shape index (κ3) is 4.60. The van der Waals surface area contributed by atoms with E-state index in [1.54, 1.807) is 18.0 Å². The van der Waals surface area contributed by atoms with Gasteiger partial charge in [-0.25, -0.2) is 4.39 Å². The zero-order chi connectivity index (χ0) is 14.4. The maximum Gasteiger partial charge on any atom is 0.222 e. The van der Waals surface area contributed by atoms with Gasteiger partial charge in [-0.05, 0) is 43.5 Å². The highest BCUT2D eigenvalue weighted by molar-refractivity contribution is 5.75. The highest BCUT2D eigenvalue weighted by atomic mass is 19.1. The normalized spacial score (nSPS) is 18.8. The summed E-state index contributed by atoms with van der Waals surface area (Å²) in [6.07, 6.45) is 5.12. The summed E-state index contributed by atoms with van der Waals surface area (Å²) in [5, 5.41) is 3.45. The van der Waals surface area contributed by atoms with Crippen LogP contribution in [0.5, 0.6) is 0 Å². The summed E-state index contributed by atoms with van der Waals surface area (Å²) >= 11 is 0. The van der Waals surface area contributed by atoms with Crippen LogP contribution in [0, 0.1) is 5.82 Å². The number of amides is 1. The Hall–Kier alpha value is -1.42. The van der Waals surface area contributed by atoms with Crippen molar-refractivity contribution >= 4 is 5.91 Å². The number of carbonyl (C=O) groups excluding carboxylic acids is 1. The van der Waals surface area contributed by atoms with Gasteiger partial charge in [-0.2, -0.15) is 0 Å². The minimum Gasteiger partial charge on any atom is -0.341 e. The number of hydrogen-bond donors (Lipinski definition) is 1. The van der Waals surface area contributed by atoms with E-state index in [0.717, 1.165) is 18.5 Å². The number of benzene rings is 1. The van der Waals surface area contributed by atoms with Crippen molar-refractivity contribution in [2.45, 2.75) is 44.7 Å². The van der Waals surface area contributed by atoms with Gasteiger partial charge < -0.3 is 10.2 Å². The number of nitrogens with one attached hydrogen (secondary N) is 1. The van der Waals surface area contributed by atoms with Crippen LogP contribution in [0.4, 0.5) is 4.39 Å². The van der Waals surface area contributed by atoms with Crippen LogP contribution < -0.4 is 5.32 Å². The molecule has 0 radical (unpaired) electrons. The molecule has 0 bridgehead atoms. The van der Waals surface area contributed by atoms with Gasteiger partial charge in [-0.15, -0.1) is 0 Å². The Morgan fingerprint density at radius 2 is 2.30 bits per heavy atom. The maximum absolute atomic E-state index is 13.1. The van der Waals surface area contributed by atoms with Crippen molar-refractivity contribution in [3.63, 3.8) is 0 Å². The van der Waals surface area contributed by atoms with Crippen LogP contribution in [0.3, 0.4) is 0 Å². The maximum atomic E-state index is 13.1. The standard InChI is InChI=1S/C16H23FN2O/c1-19(12-13-5-4-6-14(17)11-13)16(20)9-8-15-7-2-3-10-18-15/h4-6,11,15,18H,2-3,7-10,12H2,1H3. The van der Waals surface area contributed by atoms with Gasteiger partial charge in [0.05, 0.1) is 0 Å². The number of nitrogens with zero attached hydrogens (tertiary/aromatic N) is 1. The third-order valence-corrected chi connectivity index (χ3v) is 3.85. The lowest BCUT2D eigenvalue weighted by Crippen LogP contribution is -2.35. The number of hydrogen-bond acceptors (Lipinski definition) is 2. The average Bonchev–Trinajstić information content (AvgIpc) is 2.46. The number of piperidine rings is 1. The Morgan fingerprint density at radius 3 is 3.00 bits per heavy atom. The Balaban J connectivity index is 1.76. The minimum absolute atomic E-state index is 0.127. The van der Waals surface area contributed by atoms with Crippen LogP contribution in [-0.2, 0) is 11.3 Å². The summed E-state index contributed by atoms with van der Waals surface area (Å²) in [5.41, 5.74) is 0.830. The molecule has 110 valence electrons. The van der Waals surface area contributed by atoms with E-state index >= 15 is 0 Å². The van der Waals surface area contributed by atoms with E-state index in [1.807, 2.05) is 6.07 Å². The highest BCUT2D eigenvalue weighted by Crippen LogP contribution is 2.13. The van der Waals surface area contributed by atoms with Gasteiger partial charge in [0.1, 0.15) is 5.82 Å². The minimum atomic E-state index is -0.255. The van der Waals surface area contributed by atoms with Crippen LogP contribution >= 0.6 is 0 Å². The van der Waals surface area contributed by atoms with E-state index in [-0.39, 0.29) is 11.7 Å². The molecule has 0 aromatic heterocycles. The van der Waals surface area contributed by atoms with Gasteiger partial charge in [0, 0.05) is 26.1 Å². The van der Waals surface area contributed by atoms with Crippen LogP contribution in [0.1, 0.15) is 37.7 Å². The summed E-state index contributed by atoms with van der Waals surface area (Å²) in [7, 11) is 1.78. The van der Waals surface area contributed by atoms with Crippen LogP contribution in [0.25, 0.3) is 0 Å². The van der Waals surface area contributed by atoms with Crippen molar-refractivity contribution in [1.82, 2.24) is 10.2 Å². The monoisotopic (exact) mass is 278 g/mol. The molecule has 4 heteroatoms. The van der Waals surface area contributed by atoms with E-state index < -0.39 is 0 Å². The second kappa shape index (κ2) is 7.39. The lowest BCUT2D eigenvalue weighted by Gasteiger charge is -2.24. The van der Waals surface area contributed by atoms with Gasteiger partial charge in [0.15, 0.2) is 0 Å². The second-order valence-corrected chi connectivity index (χ2v) is 5.57. The summed E-state index contributed by atoms with van der Waals surface area (Å²) < 4.78 is 13.1. The van der Waals surface area contributed by atoms with E-state index in [9.17, 15) is 9.18 Å². The van der Waals surface area contributed by atoms with Crippen LogP contribution in [-0.4, -0.2) is 30.4 Å². The zero-order valence-corrected chi connectivity index (χ0v) is 12.1. The van der Waals surface area contributed by atoms with Crippen LogP contribution in [0.15, 0.2) is 24.3 Å². The Bertz CT molecular complexity index is 444. The molecule has 3 nitrogen and oxygen atoms in total. The molecule has 1 saturated heterocycles. The first-order valence-corrected chi connectivity index (χ1v) is 7.37. The molecule has 1 aliphatic rings. The van der Waals surface area contributed by atoms with Gasteiger partial charge in [0.2, 0.25) is 5.91 Å². The summed E-state index contributed by atoms with van der Waals surface area (Å²) in [6.45, 7) is 1.53. The fraction of sp³-hybridized carbons (Fsp3) is 0.562. The lowest BCUT2D eigenvalue weighted by molar-refractivity contribution is -0.130. The molecule has 1 N–H and O–H groups in total. The SMILES string of the molecule is CN(Cc1cccc(F)c1)C(=O)CCC1CCCCN1. The van der Waals surface area contributed by atoms with Crippen LogP contribution in [0.2, 0.25) is 0 Å². The van der Waals surface area contributed by atoms with Crippen molar-refractivity contribution in [1.29, 1.82) is 0 Å². The molecule has 1 heterocycles. The molecule has 1 unspecified atom stereocenters. The zero-order valence-electron chi connectivity index (χ0n) is 12.1. The summed E-state index contributed by atoms with van der Waals surface area (Å²) in [4.78, 5) is 13.8. The highest BCUT2D eigenvalue weighted by Gasteiger charge is 2.16. The molecule has 2 rings (SSSR count). The van der Waals surface area contributed by atoms with Crippen molar-refractivity contribution < 1.29 is 9.18 Å². The van der Waals surface area contributed by atoms with Crippen molar-refractivity contribution in [3.8, 4) is 0 Å². The molecule has 0 aliphatic carbocycles. The topological polar surface area (TPSA) is 32.3 Å². The Kier molecular flexibility index (Phi) is 5.53. The van der Waals surface area contributed by atoms with Crippen molar-refractivity contribution in [2.75, 3.05) is 13.6 Å². The fourth-order valence-electron chi connectivity index (χ4n) is 2.66. The smallest absolute Gasteiger partial charge is 0.222 e. The Morgan fingerprint density at radius 1 is 1.45 bits per heavy atom. The summed E-state index contributed by atoms with van der Waals surface area (Å²) in [5.74, 6) is -0.128. The largest absolute Gasteiger partial charge is 0.341 e. The van der Waals surface area contributed by atoms with Crippen molar-refractivity contribution in [3.05, 3.63) is 35.6 Å². The van der Waals surface area contributed by atoms with Gasteiger partial charge in [-0.3, -0.25) is 4.79 Å².